The van der Waals surface area contributed by atoms with Gasteiger partial charge in [-0.05, 0) is 43.5 Å². The highest BCUT2D eigenvalue weighted by atomic mass is 32.2. The highest BCUT2D eigenvalue weighted by molar-refractivity contribution is 7.89. The third-order valence-corrected chi connectivity index (χ3v) is 5.60. The molecule has 0 heterocycles. The van der Waals surface area contributed by atoms with E-state index in [9.17, 15) is 22.4 Å². The smallest absolute Gasteiger partial charge is 0.324 e. The molecule has 0 unspecified atom stereocenters. The lowest BCUT2D eigenvalue weighted by Crippen LogP contribution is -2.43. The minimum absolute atomic E-state index is 0.00723. The third kappa shape index (κ3) is 6.76. The van der Waals surface area contributed by atoms with Gasteiger partial charge in [0.2, 0.25) is 10.0 Å². The summed E-state index contributed by atoms with van der Waals surface area (Å²) in [5.41, 5.74) is 0.969. The van der Waals surface area contributed by atoms with Crippen molar-refractivity contribution in [2.75, 3.05) is 6.61 Å². The molecule has 0 aliphatic heterocycles. The molecule has 0 aliphatic rings. The van der Waals surface area contributed by atoms with Crippen LogP contribution in [0, 0.1) is 18.7 Å². The van der Waals surface area contributed by atoms with E-state index in [1.807, 2.05) is 20.8 Å². The quantitative estimate of drug-likeness (QED) is 0.496. The molecule has 8 heteroatoms. The van der Waals surface area contributed by atoms with E-state index in [1.165, 1.54) is 30.3 Å². The molecule has 0 aromatic heterocycles. The number of ketones is 1. The summed E-state index contributed by atoms with van der Waals surface area (Å²) in [5, 5.41) is 0. The average molecular weight is 421 g/mol. The number of hydrogen-bond acceptors (Lipinski definition) is 5. The Morgan fingerprint density at radius 3 is 2.34 bits per heavy atom. The summed E-state index contributed by atoms with van der Waals surface area (Å²) < 4.78 is 45.8. The Hall–Kier alpha value is -2.58. The first-order valence-electron chi connectivity index (χ1n) is 9.13. The Labute approximate surface area is 170 Å². The van der Waals surface area contributed by atoms with Crippen molar-refractivity contribution in [3.05, 3.63) is 65.5 Å². The van der Waals surface area contributed by atoms with Crippen molar-refractivity contribution in [1.29, 1.82) is 0 Å². The normalized spacial score (nSPS) is 12.6. The highest BCUT2D eigenvalue weighted by Gasteiger charge is 2.28. The van der Waals surface area contributed by atoms with E-state index in [0.29, 0.717) is 0 Å². The molecule has 0 saturated carbocycles. The maximum Gasteiger partial charge on any atom is 0.324 e. The van der Waals surface area contributed by atoms with Gasteiger partial charge in [-0.25, -0.2) is 12.8 Å². The number of ether oxygens (including phenoxy) is 1. The minimum atomic E-state index is -3.95. The van der Waals surface area contributed by atoms with Crippen molar-refractivity contribution in [3.63, 3.8) is 0 Å². The van der Waals surface area contributed by atoms with E-state index in [0.717, 1.165) is 11.6 Å². The molecular weight excluding hydrogens is 397 g/mol. The van der Waals surface area contributed by atoms with E-state index >= 15 is 0 Å². The molecule has 0 radical (unpaired) electrons. The predicted molar refractivity (Wildman–Crippen MR) is 106 cm³/mol. The molecular formula is C21H24FNO5S. The number of nitrogens with one attached hydrogen (secondary N) is 1. The highest BCUT2D eigenvalue weighted by Crippen LogP contribution is 2.14. The molecule has 0 spiro atoms. The summed E-state index contributed by atoms with van der Waals surface area (Å²) in [6, 6.07) is 10.1. The second kappa shape index (κ2) is 9.76. The van der Waals surface area contributed by atoms with Gasteiger partial charge < -0.3 is 4.74 Å². The number of sulfonamides is 1. The topological polar surface area (TPSA) is 89.5 Å². The molecule has 0 aliphatic carbocycles. The van der Waals surface area contributed by atoms with Crippen LogP contribution in [0.2, 0.25) is 0 Å². The van der Waals surface area contributed by atoms with Crippen LogP contribution < -0.4 is 4.72 Å². The van der Waals surface area contributed by atoms with Gasteiger partial charge in [0.15, 0.2) is 12.4 Å². The molecule has 29 heavy (non-hydrogen) atoms. The molecule has 1 N–H and O–H groups in total. The Morgan fingerprint density at radius 1 is 1.10 bits per heavy atom. The molecule has 156 valence electrons. The lowest BCUT2D eigenvalue weighted by molar-refractivity contribution is -0.144. The summed E-state index contributed by atoms with van der Waals surface area (Å²) in [7, 11) is -3.95. The number of hydrogen-bond donors (Lipinski definition) is 1. The van der Waals surface area contributed by atoms with Gasteiger partial charge in [-0.2, -0.15) is 4.72 Å². The van der Waals surface area contributed by atoms with Crippen molar-refractivity contribution in [3.8, 4) is 0 Å². The largest absolute Gasteiger partial charge is 0.456 e. The van der Waals surface area contributed by atoms with Gasteiger partial charge in [0.1, 0.15) is 11.9 Å². The number of Topliss-reactive ketones (excluding diaryl/α,β-unsaturated/α-hetero) is 1. The lowest BCUT2D eigenvalue weighted by Gasteiger charge is -2.19. The fraction of sp³-hybridized carbons (Fsp3) is 0.333. The van der Waals surface area contributed by atoms with E-state index in [2.05, 4.69) is 4.72 Å². The maximum absolute atomic E-state index is 13.2. The maximum atomic E-state index is 13.2. The zero-order valence-corrected chi connectivity index (χ0v) is 17.3. The van der Waals surface area contributed by atoms with Crippen LogP contribution in [0.4, 0.5) is 4.39 Å². The molecule has 0 bridgehead atoms. The van der Waals surface area contributed by atoms with Gasteiger partial charge in [-0.15, -0.1) is 0 Å². The first-order valence-corrected chi connectivity index (χ1v) is 10.6. The third-order valence-electron chi connectivity index (χ3n) is 4.11. The van der Waals surface area contributed by atoms with Crippen LogP contribution in [-0.4, -0.2) is 32.8 Å². The molecule has 2 aromatic rings. The van der Waals surface area contributed by atoms with Crippen LogP contribution >= 0.6 is 0 Å². The number of benzene rings is 2. The summed E-state index contributed by atoms with van der Waals surface area (Å²) in [4.78, 5) is 24.6. The number of aryl methyl sites for hydroxylation is 1. The van der Waals surface area contributed by atoms with E-state index in [-0.39, 0.29) is 22.8 Å². The Kier molecular flexibility index (Phi) is 7.64. The molecule has 0 amide bonds. The van der Waals surface area contributed by atoms with Gasteiger partial charge in [0.05, 0.1) is 4.90 Å². The van der Waals surface area contributed by atoms with Gasteiger partial charge in [0.25, 0.3) is 0 Å². The van der Waals surface area contributed by atoms with Crippen molar-refractivity contribution in [2.24, 2.45) is 5.92 Å². The zero-order valence-electron chi connectivity index (χ0n) is 16.5. The Morgan fingerprint density at radius 2 is 1.76 bits per heavy atom. The Balaban J connectivity index is 2.09. The first kappa shape index (κ1) is 22.7. The lowest BCUT2D eigenvalue weighted by atomic mass is 10.0. The van der Waals surface area contributed by atoms with Crippen LogP contribution in [0.15, 0.2) is 53.4 Å². The van der Waals surface area contributed by atoms with Crippen molar-refractivity contribution < 1.29 is 27.1 Å². The first-order chi connectivity index (χ1) is 13.6. The molecule has 6 nitrogen and oxygen atoms in total. The molecule has 2 aromatic carbocycles. The fourth-order valence-electron chi connectivity index (χ4n) is 2.62. The minimum Gasteiger partial charge on any atom is -0.456 e. The van der Waals surface area contributed by atoms with Gasteiger partial charge in [-0.1, -0.05) is 43.7 Å². The van der Waals surface area contributed by atoms with Crippen molar-refractivity contribution >= 4 is 21.8 Å². The summed E-state index contributed by atoms with van der Waals surface area (Å²) in [5.74, 6) is -2.03. The van der Waals surface area contributed by atoms with Gasteiger partial charge in [-0.3, -0.25) is 9.59 Å². The second-order valence-corrected chi connectivity index (χ2v) is 8.87. The van der Waals surface area contributed by atoms with Gasteiger partial charge in [0, 0.05) is 5.56 Å². The molecule has 1 atom stereocenters. The van der Waals surface area contributed by atoms with Crippen LogP contribution in [0.1, 0.15) is 36.2 Å². The van der Waals surface area contributed by atoms with Crippen LogP contribution in [0.5, 0.6) is 0 Å². The molecule has 2 rings (SSSR count). The number of carbonyl (C=O) groups is 2. The van der Waals surface area contributed by atoms with Crippen molar-refractivity contribution in [2.45, 2.75) is 38.1 Å². The zero-order chi connectivity index (χ0) is 21.6. The van der Waals surface area contributed by atoms with Crippen LogP contribution in [0.3, 0.4) is 0 Å². The fourth-order valence-corrected chi connectivity index (χ4v) is 3.82. The van der Waals surface area contributed by atoms with Crippen molar-refractivity contribution in [1.82, 2.24) is 4.72 Å². The van der Waals surface area contributed by atoms with Gasteiger partial charge >= 0.3 is 5.97 Å². The summed E-state index contributed by atoms with van der Waals surface area (Å²) in [6.45, 7) is 4.89. The average Bonchev–Trinajstić information content (AvgIpc) is 2.65. The molecule has 0 saturated heterocycles. The second-order valence-electron chi connectivity index (χ2n) is 7.16. The predicted octanol–water partition coefficient (Wildman–Crippen LogP) is 3.25. The Bertz CT molecular complexity index is 971. The molecule has 0 fully saturated rings. The SMILES string of the molecule is Cc1ccc(S(=O)(=O)N[C@@H](CC(C)C)C(=O)OCC(=O)c2cccc(F)c2)cc1. The standard InChI is InChI=1S/C21H24FNO5S/c1-14(2)11-19(23-29(26,27)18-9-7-15(3)8-10-18)21(25)28-13-20(24)16-5-4-6-17(22)12-16/h4-10,12,14,19,23H,11,13H2,1-3H3/t19-/m0/s1. The summed E-state index contributed by atoms with van der Waals surface area (Å²) in [6.07, 6.45) is 0.193. The number of esters is 1. The van der Waals surface area contributed by atoms with E-state index in [1.54, 1.807) is 12.1 Å². The van der Waals surface area contributed by atoms with Crippen LogP contribution in [-0.2, 0) is 19.6 Å². The number of carbonyl (C=O) groups excluding carboxylic acids is 2. The summed E-state index contributed by atoms with van der Waals surface area (Å²) >= 11 is 0. The van der Waals surface area contributed by atoms with E-state index in [4.69, 9.17) is 4.74 Å². The van der Waals surface area contributed by atoms with Crippen LogP contribution in [0.25, 0.3) is 0 Å². The number of rotatable bonds is 9. The number of halogens is 1. The monoisotopic (exact) mass is 421 g/mol. The van der Waals surface area contributed by atoms with E-state index < -0.39 is 40.2 Å².